The molecule has 13 heavy (non-hydrogen) atoms. The van der Waals surface area contributed by atoms with Gasteiger partial charge in [-0.3, -0.25) is 0 Å². The first-order valence-corrected chi connectivity index (χ1v) is 5.04. The fraction of sp³-hybridized carbons (Fsp3) is 0.889. The van der Waals surface area contributed by atoms with Gasteiger partial charge < -0.3 is 15.2 Å². The highest BCUT2D eigenvalue weighted by atomic mass is 32.1. The molecule has 2 atom stereocenters. The lowest BCUT2D eigenvalue weighted by Crippen LogP contribution is -2.35. The molecule has 1 aliphatic rings. The fourth-order valence-electron chi connectivity index (χ4n) is 1.68. The van der Waals surface area contributed by atoms with E-state index in [0.717, 1.165) is 12.8 Å². The zero-order valence-corrected chi connectivity index (χ0v) is 8.97. The van der Waals surface area contributed by atoms with Crippen molar-refractivity contribution in [3.63, 3.8) is 0 Å². The SMILES string of the molecule is CC1CC(OCC(N)=S)CC(C)O1. The number of ether oxygens (including phenoxy) is 2. The van der Waals surface area contributed by atoms with Crippen LogP contribution in [0.25, 0.3) is 0 Å². The zero-order chi connectivity index (χ0) is 9.84. The minimum Gasteiger partial charge on any atom is -0.391 e. The Hall–Kier alpha value is -0.190. The molecule has 2 N–H and O–H groups in total. The van der Waals surface area contributed by atoms with E-state index in [1.54, 1.807) is 0 Å². The largest absolute Gasteiger partial charge is 0.391 e. The van der Waals surface area contributed by atoms with E-state index in [2.05, 4.69) is 13.8 Å². The number of rotatable bonds is 3. The zero-order valence-electron chi connectivity index (χ0n) is 8.16. The van der Waals surface area contributed by atoms with E-state index in [1.165, 1.54) is 0 Å². The van der Waals surface area contributed by atoms with Gasteiger partial charge in [0.2, 0.25) is 0 Å². The Bertz CT molecular complexity index is 176. The predicted octanol–water partition coefficient (Wildman–Crippen LogP) is 1.25. The van der Waals surface area contributed by atoms with Gasteiger partial charge in [0, 0.05) is 0 Å². The van der Waals surface area contributed by atoms with Crippen molar-refractivity contribution in [3.05, 3.63) is 0 Å². The molecule has 0 aromatic rings. The van der Waals surface area contributed by atoms with Crippen LogP contribution in [-0.2, 0) is 9.47 Å². The summed E-state index contributed by atoms with van der Waals surface area (Å²) in [7, 11) is 0. The van der Waals surface area contributed by atoms with Crippen molar-refractivity contribution in [2.45, 2.75) is 45.0 Å². The van der Waals surface area contributed by atoms with Crippen molar-refractivity contribution in [3.8, 4) is 0 Å². The summed E-state index contributed by atoms with van der Waals surface area (Å²) < 4.78 is 11.1. The van der Waals surface area contributed by atoms with Crippen LogP contribution in [0.3, 0.4) is 0 Å². The fourth-order valence-corrected chi connectivity index (χ4v) is 1.75. The second-order valence-corrected chi connectivity index (χ2v) is 4.15. The first-order chi connectivity index (χ1) is 6.08. The van der Waals surface area contributed by atoms with E-state index in [9.17, 15) is 0 Å². The molecule has 0 aromatic heterocycles. The molecule has 1 aliphatic heterocycles. The number of hydrogen-bond donors (Lipinski definition) is 1. The van der Waals surface area contributed by atoms with Crippen molar-refractivity contribution in [1.29, 1.82) is 0 Å². The Kier molecular flexibility index (Phi) is 4.09. The van der Waals surface area contributed by atoms with Crippen LogP contribution in [0.4, 0.5) is 0 Å². The topological polar surface area (TPSA) is 44.5 Å². The van der Waals surface area contributed by atoms with E-state index < -0.39 is 0 Å². The van der Waals surface area contributed by atoms with Crippen LogP contribution in [-0.4, -0.2) is 29.9 Å². The Morgan fingerprint density at radius 3 is 2.46 bits per heavy atom. The van der Waals surface area contributed by atoms with Crippen LogP contribution in [0.2, 0.25) is 0 Å². The van der Waals surface area contributed by atoms with E-state index in [1.807, 2.05) is 0 Å². The maximum absolute atomic E-state index is 5.58. The van der Waals surface area contributed by atoms with Crippen LogP contribution < -0.4 is 5.73 Å². The molecule has 2 unspecified atom stereocenters. The molecule has 0 aliphatic carbocycles. The Morgan fingerprint density at radius 1 is 1.46 bits per heavy atom. The molecule has 3 nitrogen and oxygen atoms in total. The van der Waals surface area contributed by atoms with Gasteiger partial charge in [0.1, 0.15) is 0 Å². The summed E-state index contributed by atoms with van der Waals surface area (Å²) in [4.78, 5) is 0.423. The van der Waals surface area contributed by atoms with Crippen LogP contribution in [0, 0.1) is 0 Å². The van der Waals surface area contributed by atoms with Gasteiger partial charge in [-0.15, -0.1) is 0 Å². The monoisotopic (exact) mass is 203 g/mol. The first-order valence-electron chi connectivity index (χ1n) is 4.63. The smallest absolute Gasteiger partial charge is 0.0989 e. The Balaban J connectivity index is 2.28. The predicted molar refractivity (Wildman–Crippen MR) is 55.8 cm³/mol. The third-order valence-corrected chi connectivity index (χ3v) is 2.23. The molecule has 0 bridgehead atoms. The molecule has 1 fully saturated rings. The van der Waals surface area contributed by atoms with Crippen molar-refractivity contribution < 1.29 is 9.47 Å². The number of hydrogen-bond acceptors (Lipinski definition) is 3. The van der Waals surface area contributed by atoms with E-state index in [0.29, 0.717) is 11.6 Å². The standard InChI is InChI=1S/C9H17NO2S/c1-6-3-8(4-7(2)12-6)11-5-9(10)13/h6-8H,3-5H2,1-2H3,(H2,10,13). The van der Waals surface area contributed by atoms with Crippen LogP contribution in [0.1, 0.15) is 26.7 Å². The van der Waals surface area contributed by atoms with E-state index in [4.69, 9.17) is 27.4 Å². The lowest BCUT2D eigenvalue weighted by molar-refractivity contribution is -0.0951. The summed E-state index contributed by atoms with van der Waals surface area (Å²) in [5.74, 6) is 0. The molecule has 1 heterocycles. The van der Waals surface area contributed by atoms with Gasteiger partial charge in [-0.2, -0.15) is 0 Å². The second-order valence-electron chi connectivity index (χ2n) is 3.63. The molecule has 4 heteroatoms. The Labute approximate surface area is 84.6 Å². The summed E-state index contributed by atoms with van der Waals surface area (Å²) in [6.07, 6.45) is 2.68. The van der Waals surface area contributed by atoms with Gasteiger partial charge in [-0.25, -0.2) is 0 Å². The van der Waals surface area contributed by atoms with Crippen molar-refractivity contribution in [2.75, 3.05) is 6.61 Å². The molecular weight excluding hydrogens is 186 g/mol. The minimum atomic E-state index is 0.250. The van der Waals surface area contributed by atoms with Gasteiger partial charge in [0.25, 0.3) is 0 Å². The third-order valence-electron chi connectivity index (χ3n) is 2.12. The average Bonchev–Trinajstić information content (AvgIpc) is 1.99. The average molecular weight is 203 g/mol. The molecular formula is C9H17NO2S. The van der Waals surface area contributed by atoms with Crippen LogP contribution in [0.15, 0.2) is 0 Å². The first kappa shape index (κ1) is 10.9. The van der Waals surface area contributed by atoms with Gasteiger partial charge in [0.05, 0.1) is 29.9 Å². The third kappa shape index (κ3) is 4.02. The molecule has 76 valence electrons. The molecule has 0 radical (unpaired) electrons. The lowest BCUT2D eigenvalue weighted by Gasteiger charge is -2.31. The quantitative estimate of drug-likeness (QED) is 0.701. The molecule has 0 spiro atoms. The van der Waals surface area contributed by atoms with Gasteiger partial charge in [-0.1, -0.05) is 12.2 Å². The molecule has 1 saturated heterocycles. The summed E-state index contributed by atoms with van der Waals surface area (Å²) in [6, 6.07) is 0. The summed E-state index contributed by atoms with van der Waals surface area (Å²) in [6.45, 7) is 4.51. The maximum Gasteiger partial charge on any atom is 0.0989 e. The van der Waals surface area contributed by atoms with Crippen molar-refractivity contribution in [2.24, 2.45) is 5.73 Å². The van der Waals surface area contributed by atoms with E-state index >= 15 is 0 Å². The maximum atomic E-state index is 5.58. The summed E-state index contributed by atoms with van der Waals surface area (Å²) >= 11 is 4.74. The summed E-state index contributed by atoms with van der Waals surface area (Å²) in [5, 5.41) is 0. The van der Waals surface area contributed by atoms with Crippen molar-refractivity contribution >= 4 is 17.2 Å². The van der Waals surface area contributed by atoms with Gasteiger partial charge in [-0.05, 0) is 26.7 Å². The summed E-state index contributed by atoms with van der Waals surface area (Å²) in [5.41, 5.74) is 5.35. The normalized spacial score (nSPS) is 34.5. The highest BCUT2D eigenvalue weighted by Gasteiger charge is 2.24. The molecule has 0 aromatic carbocycles. The molecule has 0 amide bonds. The molecule has 0 saturated carbocycles. The minimum absolute atomic E-state index is 0.250. The number of nitrogens with two attached hydrogens (primary N) is 1. The van der Waals surface area contributed by atoms with E-state index in [-0.39, 0.29) is 18.3 Å². The second kappa shape index (κ2) is 4.88. The van der Waals surface area contributed by atoms with Crippen LogP contribution >= 0.6 is 12.2 Å². The highest BCUT2D eigenvalue weighted by Crippen LogP contribution is 2.21. The van der Waals surface area contributed by atoms with Gasteiger partial charge >= 0.3 is 0 Å². The molecule has 1 rings (SSSR count). The van der Waals surface area contributed by atoms with Gasteiger partial charge in [0.15, 0.2) is 0 Å². The van der Waals surface area contributed by atoms with Crippen molar-refractivity contribution in [1.82, 2.24) is 0 Å². The highest BCUT2D eigenvalue weighted by molar-refractivity contribution is 7.80. The Morgan fingerprint density at radius 2 is 2.00 bits per heavy atom. The van der Waals surface area contributed by atoms with Crippen LogP contribution in [0.5, 0.6) is 0 Å². The number of thiocarbonyl (C=S) groups is 1. The lowest BCUT2D eigenvalue weighted by atomic mass is 10.0.